The summed E-state index contributed by atoms with van der Waals surface area (Å²) in [6, 6.07) is 8.44. The predicted octanol–water partition coefficient (Wildman–Crippen LogP) is 4.17. The van der Waals surface area contributed by atoms with Gasteiger partial charge in [-0.1, -0.05) is 26.0 Å². The fraction of sp³-hybridized carbons (Fsp3) is 0.455. The lowest BCUT2D eigenvalue weighted by atomic mass is 10.2. The highest BCUT2D eigenvalue weighted by Crippen LogP contribution is 2.21. The minimum atomic E-state index is 0.607. The Morgan fingerprint density at radius 3 is 2.77 bits per heavy atom. The number of benzene rings is 1. The molecule has 0 N–H and O–H groups in total. The standard InChI is InChI=1S/C11H15ClS/c1-9(2)8-13-11-5-3-4-10(6-11)7-12/h3-6,9H,7-8H2,1-2H3. The third-order valence-corrected chi connectivity index (χ3v) is 3.37. The van der Waals surface area contributed by atoms with Crippen molar-refractivity contribution in [2.75, 3.05) is 5.75 Å². The number of thioether (sulfide) groups is 1. The average molecular weight is 215 g/mol. The van der Waals surface area contributed by atoms with Crippen molar-refractivity contribution in [2.24, 2.45) is 5.92 Å². The molecule has 0 fully saturated rings. The van der Waals surface area contributed by atoms with Crippen molar-refractivity contribution in [3.05, 3.63) is 29.8 Å². The van der Waals surface area contributed by atoms with Gasteiger partial charge < -0.3 is 0 Å². The van der Waals surface area contributed by atoms with Crippen LogP contribution in [-0.4, -0.2) is 5.75 Å². The van der Waals surface area contributed by atoms with Crippen molar-refractivity contribution in [2.45, 2.75) is 24.6 Å². The van der Waals surface area contributed by atoms with Gasteiger partial charge in [-0.2, -0.15) is 0 Å². The van der Waals surface area contributed by atoms with Gasteiger partial charge in [0.05, 0.1) is 0 Å². The van der Waals surface area contributed by atoms with E-state index in [1.165, 1.54) is 16.2 Å². The summed E-state index contributed by atoms with van der Waals surface area (Å²) in [5, 5.41) is 0. The molecule has 0 aliphatic heterocycles. The van der Waals surface area contributed by atoms with E-state index in [1.54, 1.807) is 0 Å². The molecule has 1 rings (SSSR count). The van der Waals surface area contributed by atoms with Gasteiger partial charge in [0.1, 0.15) is 0 Å². The van der Waals surface area contributed by atoms with Crippen LogP contribution in [0.15, 0.2) is 29.2 Å². The SMILES string of the molecule is CC(C)CSc1cccc(CCl)c1. The molecule has 0 bridgehead atoms. The number of halogens is 1. The molecule has 72 valence electrons. The molecule has 0 nitrogen and oxygen atoms in total. The summed E-state index contributed by atoms with van der Waals surface area (Å²) in [6.45, 7) is 4.47. The zero-order valence-electron chi connectivity index (χ0n) is 8.09. The maximum absolute atomic E-state index is 5.75. The molecule has 0 atom stereocenters. The molecule has 2 heteroatoms. The molecule has 0 spiro atoms. The van der Waals surface area contributed by atoms with E-state index in [9.17, 15) is 0 Å². The van der Waals surface area contributed by atoms with Crippen LogP contribution < -0.4 is 0 Å². The molecule has 1 aromatic carbocycles. The van der Waals surface area contributed by atoms with Crippen LogP contribution in [0.5, 0.6) is 0 Å². The first-order valence-electron chi connectivity index (χ1n) is 4.50. The molecule has 0 unspecified atom stereocenters. The molecule has 0 amide bonds. The monoisotopic (exact) mass is 214 g/mol. The molecule has 0 radical (unpaired) electrons. The lowest BCUT2D eigenvalue weighted by molar-refractivity contribution is 0.750. The molecule has 0 aliphatic carbocycles. The van der Waals surface area contributed by atoms with Crippen LogP contribution in [0.2, 0.25) is 0 Å². The summed E-state index contributed by atoms with van der Waals surface area (Å²) in [7, 11) is 0. The summed E-state index contributed by atoms with van der Waals surface area (Å²) >= 11 is 7.65. The summed E-state index contributed by atoms with van der Waals surface area (Å²) in [5.41, 5.74) is 1.20. The largest absolute Gasteiger partial charge is 0.126 e. The molecule has 0 aromatic heterocycles. The van der Waals surface area contributed by atoms with Gasteiger partial charge in [0.25, 0.3) is 0 Å². The van der Waals surface area contributed by atoms with Crippen molar-refractivity contribution in [1.29, 1.82) is 0 Å². The van der Waals surface area contributed by atoms with E-state index in [1.807, 2.05) is 11.8 Å². The molecule has 1 aromatic rings. The topological polar surface area (TPSA) is 0 Å². The van der Waals surface area contributed by atoms with Gasteiger partial charge in [0.15, 0.2) is 0 Å². The van der Waals surface area contributed by atoms with Gasteiger partial charge in [-0.3, -0.25) is 0 Å². The highest BCUT2D eigenvalue weighted by Gasteiger charge is 1.98. The Morgan fingerprint density at radius 1 is 1.38 bits per heavy atom. The van der Waals surface area contributed by atoms with Gasteiger partial charge >= 0.3 is 0 Å². The van der Waals surface area contributed by atoms with Crippen molar-refractivity contribution >= 4 is 23.4 Å². The lowest BCUT2D eigenvalue weighted by Crippen LogP contribution is -1.90. The van der Waals surface area contributed by atoms with E-state index in [4.69, 9.17) is 11.6 Å². The summed E-state index contributed by atoms with van der Waals surface area (Å²) in [4.78, 5) is 1.33. The zero-order valence-corrected chi connectivity index (χ0v) is 9.66. The summed E-state index contributed by atoms with van der Waals surface area (Å²) < 4.78 is 0. The minimum Gasteiger partial charge on any atom is -0.126 e. The van der Waals surface area contributed by atoms with Crippen molar-refractivity contribution in [3.8, 4) is 0 Å². The van der Waals surface area contributed by atoms with Gasteiger partial charge in [-0.15, -0.1) is 23.4 Å². The Kier molecular flexibility index (Phi) is 4.68. The number of alkyl halides is 1. The number of hydrogen-bond acceptors (Lipinski definition) is 1. The molecule has 0 heterocycles. The number of hydrogen-bond donors (Lipinski definition) is 0. The van der Waals surface area contributed by atoms with Gasteiger partial charge in [-0.05, 0) is 23.6 Å². The van der Waals surface area contributed by atoms with Crippen LogP contribution in [0.3, 0.4) is 0 Å². The second kappa shape index (κ2) is 5.56. The van der Waals surface area contributed by atoms with E-state index in [0.29, 0.717) is 5.88 Å². The summed E-state index contributed by atoms with van der Waals surface area (Å²) in [6.07, 6.45) is 0. The van der Waals surface area contributed by atoms with E-state index in [2.05, 4.69) is 38.1 Å². The predicted molar refractivity (Wildman–Crippen MR) is 61.6 cm³/mol. The molecular formula is C11H15ClS. The molecule has 0 aliphatic rings. The van der Waals surface area contributed by atoms with E-state index in [0.717, 1.165) is 5.92 Å². The molecule has 0 saturated carbocycles. The first-order chi connectivity index (χ1) is 6.22. The quantitative estimate of drug-likeness (QED) is 0.536. The maximum atomic E-state index is 5.75. The van der Waals surface area contributed by atoms with Crippen LogP contribution in [0.4, 0.5) is 0 Å². The van der Waals surface area contributed by atoms with Crippen LogP contribution in [0, 0.1) is 5.92 Å². The Bertz CT molecular complexity index is 258. The molecule has 13 heavy (non-hydrogen) atoms. The van der Waals surface area contributed by atoms with Crippen molar-refractivity contribution < 1.29 is 0 Å². The molecule has 0 saturated heterocycles. The molecular weight excluding hydrogens is 200 g/mol. The van der Waals surface area contributed by atoms with Crippen LogP contribution in [0.1, 0.15) is 19.4 Å². The first kappa shape index (κ1) is 10.9. The third kappa shape index (κ3) is 4.06. The van der Waals surface area contributed by atoms with Crippen LogP contribution in [-0.2, 0) is 5.88 Å². The second-order valence-electron chi connectivity index (χ2n) is 3.49. The average Bonchev–Trinajstić information content (AvgIpc) is 2.15. The van der Waals surface area contributed by atoms with Crippen molar-refractivity contribution in [1.82, 2.24) is 0 Å². The van der Waals surface area contributed by atoms with Crippen LogP contribution in [0.25, 0.3) is 0 Å². The highest BCUT2D eigenvalue weighted by atomic mass is 35.5. The van der Waals surface area contributed by atoms with E-state index < -0.39 is 0 Å². The maximum Gasteiger partial charge on any atom is 0.0474 e. The van der Waals surface area contributed by atoms with E-state index >= 15 is 0 Å². The Hall–Kier alpha value is -0.140. The van der Waals surface area contributed by atoms with Gasteiger partial charge in [0, 0.05) is 16.5 Å². The number of rotatable bonds is 4. The van der Waals surface area contributed by atoms with Gasteiger partial charge in [-0.25, -0.2) is 0 Å². The fourth-order valence-electron chi connectivity index (χ4n) is 0.981. The minimum absolute atomic E-state index is 0.607. The van der Waals surface area contributed by atoms with Gasteiger partial charge in [0.2, 0.25) is 0 Å². The lowest BCUT2D eigenvalue weighted by Gasteiger charge is -2.05. The Morgan fingerprint density at radius 2 is 2.15 bits per heavy atom. The zero-order chi connectivity index (χ0) is 9.68. The first-order valence-corrected chi connectivity index (χ1v) is 6.02. The Balaban J connectivity index is 2.56. The second-order valence-corrected chi connectivity index (χ2v) is 4.85. The normalized spacial score (nSPS) is 10.8. The van der Waals surface area contributed by atoms with Crippen molar-refractivity contribution in [3.63, 3.8) is 0 Å². The Labute approximate surface area is 89.7 Å². The van der Waals surface area contributed by atoms with Crippen LogP contribution >= 0.6 is 23.4 Å². The highest BCUT2D eigenvalue weighted by molar-refractivity contribution is 7.99. The smallest absolute Gasteiger partial charge is 0.0474 e. The van der Waals surface area contributed by atoms with E-state index in [-0.39, 0.29) is 0 Å². The summed E-state index contributed by atoms with van der Waals surface area (Å²) in [5.74, 6) is 2.52. The fourth-order valence-corrected chi connectivity index (χ4v) is 2.08. The third-order valence-electron chi connectivity index (χ3n) is 1.64.